The average Bonchev–Trinajstić information content (AvgIpc) is 3.31. The van der Waals surface area contributed by atoms with E-state index < -0.39 is 17.9 Å². The third kappa shape index (κ3) is 19.0. The van der Waals surface area contributed by atoms with Crippen molar-refractivity contribution in [2.45, 2.75) is 71.8 Å². The van der Waals surface area contributed by atoms with Gasteiger partial charge in [-0.15, -0.1) is 0 Å². The van der Waals surface area contributed by atoms with Crippen LogP contribution in [0.25, 0.3) is 0 Å². The minimum atomic E-state index is -0.537. The fourth-order valence-electron chi connectivity index (χ4n) is 5.75. The lowest BCUT2D eigenvalue weighted by Gasteiger charge is -2.12. The first kappa shape index (κ1) is 49.7. The highest BCUT2D eigenvalue weighted by atomic mass is 17.2. The third-order valence-corrected chi connectivity index (χ3v) is 9.04. The average molecular weight is 879 g/mol. The van der Waals surface area contributed by atoms with Crippen LogP contribution in [0.4, 0.5) is 0 Å². The van der Waals surface area contributed by atoms with Crippen molar-refractivity contribution in [3.63, 3.8) is 0 Å². The zero-order valence-electron chi connectivity index (χ0n) is 36.7. The van der Waals surface area contributed by atoms with Crippen LogP contribution in [0.2, 0.25) is 0 Å². The molecule has 340 valence electrons. The Balaban J connectivity index is 1.20. The fourth-order valence-corrected chi connectivity index (χ4v) is 5.75. The minimum Gasteiger partial charge on any atom is -0.494 e. The van der Waals surface area contributed by atoms with Gasteiger partial charge in [0.2, 0.25) is 5.75 Å². The number of carbonyl (C=O) groups excluding carboxylic acids is 3. The van der Waals surface area contributed by atoms with Gasteiger partial charge < -0.3 is 38.0 Å². The lowest BCUT2D eigenvalue weighted by Crippen LogP contribution is -2.10. The quantitative estimate of drug-likeness (QED) is 0.00897. The van der Waals surface area contributed by atoms with Gasteiger partial charge in [0.15, 0.2) is 17.2 Å². The Hall–Kier alpha value is -6.93. The van der Waals surface area contributed by atoms with E-state index >= 15 is 0 Å². The van der Waals surface area contributed by atoms with E-state index in [9.17, 15) is 14.4 Å². The maximum Gasteiger partial charge on any atom is 0.343 e. The molecule has 0 bridgehead atoms. The van der Waals surface area contributed by atoms with Gasteiger partial charge in [-0.3, -0.25) is 0 Å². The summed E-state index contributed by atoms with van der Waals surface area (Å²) in [6.45, 7) is 13.4. The van der Waals surface area contributed by atoms with Crippen molar-refractivity contribution < 1.29 is 57.3 Å². The lowest BCUT2D eigenvalue weighted by atomic mass is 10.2. The largest absolute Gasteiger partial charge is 0.494 e. The Bertz CT molecular complexity index is 2120. The van der Waals surface area contributed by atoms with Crippen LogP contribution in [0.1, 0.15) is 92.3 Å². The standard InChI is InChI=1S/C50H58N2O12/c1-5-48(53)60-31-15-11-9-13-29-58-42-23-17-38(18-24-42)37-62-64-45-28-20-40(34-47(45)57-8-4)36-52-51-35-39-19-27-44(46(33-39)56-7-3)63-50(55)41-21-25-43(26-22-41)59-30-14-10-12-16-32-61-49(54)6-2/h5-6,17-28,33-36H,1-2,7-16,29-32,37H2,3-4H3/b51-35+,52-36+. The molecular weight excluding hydrogens is 821 g/mol. The number of hydrogen-bond acceptors (Lipinski definition) is 14. The molecule has 0 unspecified atom stereocenters. The highest BCUT2D eigenvalue weighted by Gasteiger charge is 2.14. The minimum absolute atomic E-state index is 0.210. The number of carbonyl (C=O) groups is 3. The number of ether oxygens (including phenoxy) is 7. The van der Waals surface area contributed by atoms with E-state index in [1.54, 1.807) is 73.1 Å². The van der Waals surface area contributed by atoms with E-state index in [0.717, 1.165) is 74.3 Å². The summed E-state index contributed by atoms with van der Waals surface area (Å²) in [7, 11) is 0. The van der Waals surface area contributed by atoms with Crippen LogP contribution in [0.15, 0.2) is 120 Å². The molecule has 4 aromatic rings. The van der Waals surface area contributed by atoms with Crippen molar-refractivity contribution in [1.29, 1.82) is 0 Å². The van der Waals surface area contributed by atoms with Crippen LogP contribution in [0.3, 0.4) is 0 Å². The Labute approximate surface area is 375 Å². The van der Waals surface area contributed by atoms with Gasteiger partial charge in [-0.2, -0.15) is 15.1 Å². The van der Waals surface area contributed by atoms with Crippen molar-refractivity contribution in [2.24, 2.45) is 10.2 Å². The molecule has 14 heteroatoms. The third-order valence-electron chi connectivity index (χ3n) is 9.04. The Morgan fingerprint density at radius 3 is 1.50 bits per heavy atom. The zero-order chi connectivity index (χ0) is 45.6. The van der Waals surface area contributed by atoms with Crippen LogP contribution >= 0.6 is 0 Å². The summed E-state index contributed by atoms with van der Waals surface area (Å²) in [6.07, 6.45) is 12.6. The second-order valence-electron chi connectivity index (χ2n) is 13.9. The predicted molar refractivity (Wildman–Crippen MR) is 244 cm³/mol. The molecular formula is C50H58N2O12. The molecule has 0 radical (unpaired) electrons. The number of rotatable bonds is 31. The summed E-state index contributed by atoms with van der Waals surface area (Å²) < 4.78 is 38.9. The molecule has 4 rings (SSSR count). The number of nitrogens with zero attached hydrogens (tertiary/aromatic N) is 2. The van der Waals surface area contributed by atoms with E-state index in [1.807, 2.05) is 38.1 Å². The van der Waals surface area contributed by atoms with Gasteiger partial charge in [0, 0.05) is 12.2 Å². The summed E-state index contributed by atoms with van der Waals surface area (Å²) in [4.78, 5) is 46.3. The van der Waals surface area contributed by atoms with Crippen molar-refractivity contribution >= 4 is 30.3 Å². The lowest BCUT2D eigenvalue weighted by molar-refractivity contribution is -0.218. The summed E-state index contributed by atoms with van der Waals surface area (Å²) in [5.41, 5.74) is 2.68. The fraction of sp³-hybridized carbons (Fsp3) is 0.340. The molecule has 0 atom stereocenters. The van der Waals surface area contributed by atoms with E-state index in [2.05, 4.69) is 23.4 Å². The summed E-state index contributed by atoms with van der Waals surface area (Å²) in [6, 6.07) is 24.8. The van der Waals surface area contributed by atoms with Gasteiger partial charge >= 0.3 is 17.9 Å². The number of hydrogen-bond donors (Lipinski definition) is 0. The van der Waals surface area contributed by atoms with Gasteiger partial charge in [-0.25, -0.2) is 14.4 Å². The second kappa shape index (κ2) is 29.4. The highest BCUT2D eigenvalue weighted by Crippen LogP contribution is 2.30. The molecule has 0 amide bonds. The maximum absolute atomic E-state index is 13.0. The molecule has 0 fully saturated rings. The maximum atomic E-state index is 13.0. The molecule has 14 nitrogen and oxygen atoms in total. The Morgan fingerprint density at radius 2 is 1.00 bits per heavy atom. The van der Waals surface area contributed by atoms with Gasteiger partial charge in [0.1, 0.15) is 18.1 Å². The molecule has 0 aliphatic heterocycles. The van der Waals surface area contributed by atoms with E-state index in [4.69, 9.17) is 42.9 Å². The molecule has 0 saturated heterocycles. The van der Waals surface area contributed by atoms with Gasteiger partial charge in [0.25, 0.3) is 0 Å². The van der Waals surface area contributed by atoms with Crippen molar-refractivity contribution in [3.8, 4) is 34.5 Å². The predicted octanol–water partition coefficient (Wildman–Crippen LogP) is 10.0. The monoisotopic (exact) mass is 878 g/mol. The molecule has 0 aliphatic carbocycles. The van der Waals surface area contributed by atoms with Crippen LogP contribution in [-0.4, -0.2) is 70.0 Å². The first-order chi connectivity index (χ1) is 31.3. The molecule has 0 spiro atoms. The number of benzene rings is 4. The summed E-state index contributed by atoms with van der Waals surface area (Å²) >= 11 is 0. The van der Waals surface area contributed by atoms with Crippen molar-refractivity contribution in [2.75, 3.05) is 39.6 Å². The van der Waals surface area contributed by atoms with Crippen molar-refractivity contribution in [1.82, 2.24) is 0 Å². The number of esters is 3. The molecule has 0 aromatic heterocycles. The smallest absolute Gasteiger partial charge is 0.343 e. The Morgan fingerprint density at radius 1 is 0.531 bits per heavy atom. The first-order valence-electron chi connectivity index (χ1n) is 21.5. The second-order valence-corrected chi connectivity index (χ2v) is 13.9. The molecule has 0 aliphatic rings. The SMILES string of the molecule is C=CC(=O)OCCCCCCOc1ccc(COOc2ccc(/C=N/N=C/c3ccc(OC(=O)c4ccc(OCCCCCCOC(=O)C=C)cc4)c(OCC)c3)cc2OCC)cc1. The van der Waals surface area contributed by atoms with E-state index in [0.29, 0.717) is 73.8 Å². The normalized spacial score (nSPS) is 10.9. The molecule has 4 aromatic carbocycles. The molecule has 64 heavy (non-hydrogen) atoms. The molecule has 0 saturated carbocycles. The Kier molecular flexibility index (Phi) is 22.8. The number of unbranched alkanes of at least 4 members (excludes halogenated alkanes) is 6. The van der Waals surface area contributed by atoms with Crippen molar-refractivity contribution in [3.05, 3.63) is 132 Å². The van der Waals surface area contributed by atoms with E-state index in [1.165, 1.54) is 6.08 Å². The zero-order valence-corrected chi connectivity index (χ0v) is 36.7. The summed E-state index contributed by atoms with van der Waals surface area (Å²) in [5, 5.41) is 8.39. The van der Waals surface area contributed by atoms with Gasteiger partial charge in [-0.1, -0.05) is 25.3 Å². The van der Waals surface area contributed by atoms with E-state index in [-0.39, 0.29) is 12.4 Å². The molecule has 0 N–H and O–H groups in total. The van der Waals surface area contributed by atoms with Crippen LogP contribution in [0, 0.1) is 0 Å². The first-order valence-corrected chi connectivity index (χ1v) is 21.5. The van der Waals surface area contributed by atoms with Crippen LogP contribution in [-0.2, 0) is 30.6 Å². The molecule has 0 heterocycles. The highest BCUT2D eigenvalue weighted by molar-refractivity contribution is 5.92. The van der Waals surface area contributed by atoms with Gasteiger partial charge in [0.05, 0.1) is 57.6 Å². The van der Waals surface area contributed by atoms with Crippen LogP contribution in [0.5, 0.6) is 34.5 Å². The summed E-state index contributed by atoms with van der Waals surface area (Å²) in [5.74, 6) is 1.63. The van der Waals surface area contributed by atoms with Gasteiger partial charge in [-0.05, 0) is 155 Å². The van der Waals surface area contributed by atoms with Crippen LogP contribution < -0.4 is 28.6 Å². The topological polar surface area (TPSA) is 159 Å².